The summed E-state index contributed by atoms with van der Waals surface area (Å²) in [5, 5.41) is 0. The molecule has 0 bridgehead atoms. The third kappa shape index (κ3) is 3.22. The van der Waals surface area contributed by atoms with Crippen molar-refractivity contribution < 1.29 is 9.13 Å². The fourth-order valence-corrected chi connectivity index (χ4v) is 1.45. The maximum Gasteiger partial charge on any atom is 0.123 e. The molecule has 0 aliphatic rings. The molecular weight excluding hydrogens is 191 g/mol. The fraction of sp³-hybridized carbons (Fsp3) is 0.538. The zero-order chi connectivity index (χ0) is 11.6. The Morgan fingerprint density at radius 1 is 1.20 bits per heavy atom. The van der Waals surface area contributed by atoms with Crippen molar-refractivity contribution in [3.05, 3.63) is 29.6 Å². The zero-order valence-corrected chi connectivity index (χ0v) is 10.1. The van der Waals surface area contributed by atoms with E-state index in [4.69, 9.17) is 4.74 Å². The molecule has 0 aromatic heterocycles. The highest BCUT2D eigenvalue weighted by Gasteiger charge is 2.20. The van der Waals surface area contributed by atoms with Crippen molar-refractivity contribution in [3.8, 4) is 5.75 Å². The normalized spacial score (nSPS) is 11.9. The van der Waals surface area contributed by atoms with Crippen LogP contribution in [0.5, 0.6) is 5.75 Å². The molecule has 1 aromatic carbocycles. The molecule has 0 unspecified atom stereocenters. The Balaban J connectivity index is 3.15. The number of rotatable bonds is 2. The first-order valence-electron chi connectivity index (χ1n) is 5.27. The van der Waals surface area contributed by atoms with Gasteiger partial charge in [-0.15, -0.1) is 0 Å². The minimum atomic E-state index is -0.212. The van der Waals surface area contributed by atoms with Crippen LogP contribution in [0, 0.1) is 5.82 Å². The lowest BCUT2D eigenvalue weighted by atomic mass is 9.86. The van der Waals surface area contributed by atoms with E-state index in [9.17, 15) is 4.39 Å². The molecule has 1 rings (SSSR count). The van der Waals surface area contributed by atoms with Gasteiger partial charge in [-0.25, -0.2) is 4.39 Å². The van der Waals surface area contributed by atoms with Crippen LogP contribution in [-0.4, -0.2) is 6.10 Å². The van der Waals surface area contributed by atoms with Crippen molar-refractivity contribution in [2.24, 2.45) is 0 Å². The Kier molecular flexibility index (Phi) is 3.38. The lowest BCUT2D eigenvalue weighted by Crippen LogP contribution is -2.16. The summed E-state index contributed by atoms with van der Waals surface area (Å²) in [5.74, 6) is 0.565. The predicted octanol–water partition coefficient (Wildman–Crippen LogP) is 3.91. The van der Waals surface area contributed by atoms with Gasteiger partial charge in [0.25, 0.3) is 0 Å². The first kappa shape index (κ1) is 12.0. The summed E-state index contributed by atoms with van der Waals surface area (Å²) in [6, 6.07) is 4.70. The van der Waals surface area contributed by atoms with Crippen LogP contribution in [0.3, 0.4) is 0 Å². The molecule has 2 heteroatoms. The van der Waals surface area contributed by atoms with E-state index < -0.39 is 0 Å². The molecule has 1 aromatic rings. The number of benzene rings is 1. The van der Waals surface area contributed by atoms with E-state index in [1.54, 1.807) is 12.1 Å². The second-order valence-electron chi connectivity index (χ2n) is 5.06. The molecule has 15 heavy (non-hydrogen) atoms. The number of hydrogen-bond acceptors (Lipinski definition) is 1. The topological polar surface area (TPSA) is 9.23 Å². The Morgan fingerprint density at radius 3 is 2.27 bits per heavy atom. The van der Waals surface area contributed by atoms with Gasteiger partial charge in [-0.05, 0) is 37.5 Å². The third-order valence-electron chi connectivity index (χ3n) is 2.11. The van der Waals surface area contributed by atoms with Crippen LogP contribution >= 0.6 is 0 Å². The van der Waals surface area contributed by atoms with Gasteiger partial charge in [-0.3, -0.25) is 0 Å². The summed E-state index contributed by atoms with van der Waals surface area (Å²) >= 11 is 0. The molecule has 84 valence electrons. The van der Waals surface area contributed by atoms with Gasteiger partial charge >= 0.3 is 0 Å². The van der Waals surface area contributed by atoms with Crippen molar-refractivity contribution in [1.82, 2.24) is 0 Å². The van der Waals surface area contributed by atoms with E-state index in [0.29, 0.717) is 0 Å². The Bertz CT molecular complexity index is 337. The van der Waals surface area contributed by atoms with Crippen molar-refractivity contribution in [2.75, 3.05) is 0 Å². The van der Waals surface area contributed by atoms with Gasteiger partial charge in [0.05, 0.1) is 6.10 Å². The Hall–Kier alpha value is -1.05. The van der Waals surface area contributed by atoms with E-state index in [1.165, 1.54) is 6.07 Å². The predicted molar refractivity (Wildman–Crippen MR) is 60.9 cm³/mol. The molecule has 0 atom stereocenters. The molecule has 0 fully saturated rings. The molecule has 0 spiro atoms. The van der Waals surface area contributed by atoms with Crippen LogP contribution < -0.4 is 4.74 Å². The third-order valence-corrected chi connectivity index (χ3v) is 2.11. The first-order chi connectivity index (χ1) is 6.80. The van der Waals surface area contributed by atoms with Gasteiger partial charge in [-0.2, -0.15) is 0 Å². The minimum Gasteiger partial charge on any atom is -0.491 e. The molecular formula is C13H19FO. The molecule has 0 saturated heterocycles. The van der Waals surface area contributed by atoms with E-state index in [0.717, 1.165) is 11.3 Å². The summed E-state index contributed by atoms with van der Waals surface area (Å²) < 4.78 is 18.8. The summed E-state index contributed by atoms with van der Waals surface area (Å²) in [5.41, 5.74) is 0.808. The van der Waals surface area contributed by atoms with E-state index >= 15 is 0 Å². The van der Waals surface area contributed by atoms with Gasteiger partial charge < -0.3 is 4.74 Å². The summed E-state index contributed by atoms with van der Waals surface area (Å²) in [6.07, 6.45) is 0.108. The molecule has 0 N–H and O–H groups in total. The standard InChI is InChI=1S/C13H19FO/c1-9(2)15-12-7-6-10(14)8-11(12)13(3,4)5/h6-9H,1-5H3. The van der Waals surface area contributed by atoms with Gasteiger partial charge in [0.15, 0.2) is 0 Å². The monoisotopic (exact) mass is 210 g/mol. The molecule has 0 radical (unpaired) electrons. The maximum atomic E-state index is 13.2. The largest absolute Gasteiger partial charge is 0.491 e. The van der Waals surface area contributed by atoms with E-state index in [1.807, 2.05) is 13.8 Å². The first-order valence-corrected chi connectivity index (χ1v) is 5.27. The smallest absolute Gasteiger partial charge is 0.123 e. The second kappa shape index (κ2) is 4.21. The summed E-state index contributed by atoms with van der Waals surface area (Å²) in [7, 11) is 0. The highest BCUT2D eigenvalue weighted by molar-refractivity contribution is 5.39. The van der Waals surface area contributed by atoms with Crippen molar-refractivity contribution in [3.63, 3.8) is 0 Å². The molecule has 0 aliphatic heterocycles. The van der Waals surface area contributed by atoms with E-state index in [-0.39, 0.29) is 17.3 Å². The van der Waals surface area contributed by atoms with Gasteiger partial charge in [0.1, 0.15) is 11.6 Å². The molecule has 0 aliphatic carbocycles. The lowest BCUT2D eigenvalue weighted by Gasteiger charge is -2.24. The SMILES string of the molecule is CC(C)Oc1ccc(F)cc1C(C)(C)C. The van der Waals surface area contributed by atoms with Crippen LogP contribution in [0.15, 0.2) is 18.2 Å². The van der Waals surface area contributed by atoms with Crippen LogP contribution in [0.25, 0.3) is 0 Å². The summed E-state index contributed by atoms with van der Waals surface area (Å²) in [4.78, 5) is 0. The molecule has 0 heterocycles. The highest BCUT2D eigenvalue weighted by Crippen LogP contribution is 2.32. The van der Waals surface area contributed by atoms with Crippen molar-refractivity contribution in [1.29, 1.82) is 0 Å². The van der Waals surface area contributed by atoms with Crippen LogP contribution in [0.2, 0.25) is 0 Å². The quantitative estimate of drug-likeness (QED) is 0.719. The number of hydrogen-bond donors (Lipinski definition) is 0. The second-order valence-corrected chi connectivity index (χ2v) is 5.06. The van der Waals surface area contributed by atoms with Crippen molar-refractivity contribution in [2.45, 2.75) is 46.1 Å². The average molecular weight is 210 g/mol. The summed E-state index contributed by atoms with van der Waals surface area (Å²) in [6.45, 7) is 10.1. The molecule has 1 nitrogen and oxygen atoms in total. The highest BCUT2D eigenvalue weighted by atomic mass is 19.1. The van der Waals surface area contributed by atoms with Crippen LogP contribution in [0.4, 0.5) is 4.39 Å². The van der Waals surface area contributed by atoms with Gasteiger partial charge in [0, 0.05) is 5.56 Å². The van der Waals surface area contributed by atoms with Crippen LogP contribution in [0.1, 0.15) is 40.2 Å². The molecule has 0 saturated carbocycles. The van der Waals surface area contributed by atoms with Gasteiger partial charge in [0.2, 0.25) is 0 Å². The lowest BCUT2D eigenvalue weighted by molar-refractivity contribution is 0.236. The fourth-order valence-electron chi connectivity index (χ4n) is 1.45. The van der Waals surface area contributed by atoms with E-state index in [2.05, 4.69) is 20.8 Å². The number of halogens is 1. The van der Waals surface area contributed by atoms with Crippen molar-refractivity contribution >= 4 is 0 Å². The Labute approximate surface area is 91.3 Å². The molecule has 0 amide bonds. The average Bonchev–Trinajstić information content (AvgIpc) is 2.05. The maximum absolute atomic E-state index is 13.2. The number of ether oxygens (including phenoxy) is 1. The van der Waals surface area contributed by atoms with Gasteiger partial charge in [-0.1, -0.05) is 20.8 Å². The van der Waals surface area contributed by atoms with Crippen LogP contribution in [-0.2, 0) is 5.41 Å². The Morgan fingerprint density at radius 2 is 1.80 bits per heavy atom. The minimum absolute atomic E-state index is 0.105. The zero-order valence-electron chi connectivity index (χ0n) is 10.1.